The second kappa shape index (κ2) is 7.09. The third-order valence-corrected chi connectivity index (χ3v) is 6.61. The Morgan fingerprint density at radius 2 is 1.59 bits per heavy atom. The molecule has 3 heteroatoms. The molecule has 3 nitrogen and oxygen atoms in total. The summed E-state index contributed by atoms with van der Waals surface area (Å²) in [4.78, 5) is 4.86. The Kier molecular flexibility index (Phi) is 4.42. The molecule has 1 aliphatic heterocycles. The van der Waals surface area contributed by atoms with Gasteiger partial charge in [0.25, 0.3) is 0 Å². The predicted molar refractivity (Wildman–Crippen MR) is 141 cm³/mol. The van der Waals surface area contributed by atoms with E-state index in [4.69, 9.17) is 14.1 Å². The number of aromatic nitrogens is 1. The maximum atomic E-state index is 6.77. The van der Waals surface area contributed by atoms with Crippen LogP contribution in [0.3, 0.4) is 0 Å². The maximum Gasteiger partial charge on any atom is 0.140 e. The topological polar surface area (TPSA) is 35.3 Å². The standard InChI is InChI=1S/C31H31NO2/c1-30(2,3)16-18-7-8-20-19(13-18)14-26-27-22(20)9-11-32-28(27)23-15-25-21(10-12-33-25)24(29(23)34-26)17-31(4,5)6/h7-15H,16-17H2,1-6H3. The van der Waals surface area contributed by atoms with E-state index in [0.29, 0.717) is 0 Å². The molecule has 2 aromatic heterocycles. The molecule has 0 bridgehead atoms. The van der Waals surface area contributed by atoms with Gasteiger partial charge in [-0.1, -0.05) is 59.7 Å². The zero-order valence-electron chi connectivity index (χ0n) is 20.9. The second-order valence-corrected chi connectivity index (χ2v) is 12.2. The van der Waals surface area contributed by atoms with E-state index in [1.165, 1.54) is 27.3 Å². The van der Waals surface area contributed by atoms with Gasteiger partial charge in [-0.25, -0.2) is 0 Å². The normalized spacial score (nSPS) is 13.5. The summed E-state index contributed by atoms with van der Waals surface area (Å²) < 4.78 is 12.6. The number of furan rings is 1. The lowest BCUT2D eigenvalue weighted by Crippen LogP contribution is -2.12. The van der Waals surface area contributed by atoms with Crippen molar-refractivity contribution in [3.05, 3.63) is 66.1 Å². The van der Waals surface area contributed by atoms with E-state index < -0.39 is 0 Å². The summed E-state index contributed by atoms with van der Waals surface area (Å²) in [5.74, 6) is 1.81. The highest BCUT2D eigenvalue weighted by Gasteiger charge is 2.29. The Balaban J connectivity index is 1.63. The number of benzene rings is 3. The lowest BCUT2D eigenvalue weighted by Gasteiger charge is -2.27. The number of pyridine rings is 1. The molecule has 0 fully saturated rings. The fourth-order valence-corrected chi connectivity index (χ4v) is 5.40. The van der Waals surface area contributed by atoms with Crippen LogP contribution in [0.4, 0.5) is 0 Å². The zero-order chi connectivity index (χ0) is 23.8. The van der Waals surface area contributed by atoms with E-state index in [2.05, 4.69) is 84.0 Å². The Morgan fingerprint density at radius 1 is 0.794 bits per heavy atom. The van der Waals surface area contributed by atoms with Crippen molar-refractivity contribution < 1.29 is 9.15 Å². The molecule has 0 unspecified atom stereocenters. The van der Waals surface area contributed by atoms with Crippen LogP contribution in [0, 0.1) is 10.8 Å². The molecular weight excluding hydrogens is 418 g/mol. The minimum absolute atomic E-state index is 0.105. The fourth-order valence-electron chi connectivity index (χ4n) is 5.40. The van der Waals surface area contributed by atoms with Crippen LogP contribution in [0.5, 0.6) is 11.5 Å². The van der Waals surface area contributed by atoms with Gasteiger partial charge in [-0.2, -0.15) is 0 Å². The van der Waals surface area contributed by atoms with Crippen molar-refractivity contribution in [3.63, 3.8) is 0 Å². The Morgan fingerprint density at radius 3 is 2.35 bits per heavy atom. The van der Waals surface area contributed by atoms with Crippen LogP contribution in [0.25, 0.3) is 43.8 Å². The van der Waals surface area contributed by atoms with Gasteiger partial charge in [0.1, 0.15) is 17.1 Å². The van der Waals surface area contributed by atoms with Crippen LogP contribution in [-0.4, -0.2) is 4.98 Å². The van der Waals surface area contributed by atoms with Crippen molar-refractivity contribution in [1.29, 1.82) is 0 Å². The average molecular weight is 450 g/mol. The summed E-state index contributed by atoms with van der Waals surface area (Å²) in [6.07, 6.45) is 5.62. The third kappa shape index (κ3) is 3.46. The fraction of sp³-hybridized carbons (Fsp3) is 0.323. The highest BCUT2D eigenvalue weighted by Crippen LogP contribution is 2.51. The SMILES string of the molecule is CC(C)(C)Cc1ccc2c(c1)cc1c3c(nccc32)-c2cc3occc3c(CC(C)(C)C)c2O1. The summed E-state index contributed by atoms with van der Waals surface area (Å²) >= 11 is 0. The van der Waals surface area contributed by atoms with Crippen LogP contribution in [0.1, 0.15) is 52.7 Å². The van der Waals surface area contributed by atoms with Crippen LogP contribution in [-0.2, 0) is 12.8 Å². The van der Waals surface area contributed by atoms with Gasteiger partial charge < -0.3 is 9.15 Å². The van der Waals surface area contributed by atoms with E-state index in [-0.39, 0.29) is 10.8 Å². The summed E-state index contributed by atoms with van der Waals surface area (Å²) in [5.41, 5.74) is 5.77. The molecule has 1 aliphatic rings. The van der Waals surface area contributed by atoms with Crippen LogP contribution in [0.15, 0.2) is 59.3 Å². The highest BCUT2D eigenvalue weighted by atomic mass is 16.5. The lowest BCUT2D eigenvalue weighted by atomic mass is 9.84. The molecule has 3 heterocycles. The molecule has 34 heavy (non-hydrogen) atoms. The quantitative estimate of drug-likeness (QED) is 0.247. The van der Waals surface area contributed by atoms with E-state index >= 15 is 0 Å². The van der Waals surface area contributed by atoms with Crippen molar-refractivity contribution in [1.82, 2.24) is 4.98 Å². The molecule has 0 radical (unpaired) electrons. The molecule has 5 aromatic rings. The average Bonchev–Trinajstić information content (AvgIpc) is 3.21. The lowest BCUT2D eigenvalue weighted by molar-refractivity contribution is 0.400. The second-order valence-electron chi connectivity index (χ2n) is 12.2. The van der Waals surface area contributed by atoms with Gasteiger partial charge in [0.15, 0.2) is 0 Å². The molecule has 0 spiro atoms. The number of hydrogen-bond donors (Lipinski definition) is 0. The molecule has 6 rings (SSSR count). The first-order valence-corrected chi connectivity index (χ1v) is 12.1. The zero-order valence-corrected chi connectivity index (χ0v) is 20.9. The first-order valence-electron chi connectivity index (χ1n) is 12.1. The van der Waals surface area contributed by atoms with Gasteiger partial charge in [0.2, 0.25) is 0 Å². The largest absolute Gasteiger partial charge is 0.464 e. The van der Waals surface area contributed by atoms with Crippen molar-refractivity contribution in [2.75, 3.05) is 0 Å². The van der Waals surface area contributed by atoms with Crippen LogP contribution in [0.2, 0.25) is 0 Å². The van der Waals surface area contributed by atoms with Crippen molar-refractivity contribution in [2.45, 2.75) is 54.4 Å². The molecule has 0 amide bonds. The number of nitrogens with zero attached hydrogens (tertiary/aromatic N) is 1. The minimum atomic E-state index is 0.105. The molecule has 172 valence electrons. The van der Waals surface area contributed by atoms with E-state index in [9.17, 15) is 0 Å². The third-order valence-electron chi connectivity index (χ3n) is 6.61. The van der Waals surface area contributed by atoms with Crippen LogP contribution >= 0.6 is 0 Å². The molecule has 0 saturated carbocycles. The van der Waals surface area contributed by atoms with Gasteiger partial charge in [-0.15, -0.1) is 0 Å². The summed E-state index contributed by atoms with van der Waals surface area (Å²) in [5, 5.41) is 5.84. The number of ether oxygens (including phenoxy) is 1. The van der Waals surface area contributed by atoms with Gasteiger partial charge in [-0.05, 0) is 69.7 Å². The molecule has 0 saturated heterocycles. The summed E-state index contributed by atoms with van der Waals surface area (Å²) in [6, 6.07) is 15.3. The Labute approximate surface area is 200 Å². The summed E-state index contributed by atoms with van der Waals surface area (Å²) in [6.45, 7) is 13.6. The van der Waals surface area contributed by atoms with Crippen molar-refractivity contribution >= 4 is 32.5 Å². The van der Waals surface area contributed by atoms with E-state index in [0.717, 1.165) is 52.0 Å². The number of fused-ring (bicyclic) bond motifs is 5. The molecule has 0 atom stereocenters. The maximum absolute atomic E-state index is 6.77. The number of rotatable bonds is 2. The predicted octanol–water partition coefficient (Wildman–Crippen LogP) is 9.08. The summed E-state index contributed by atoms with van der Waals surface area (Å²) in [7, 11) is 0. The van der Waals surface area contributed by atoms with Gasteiger partial charge in [-0.3, -0.25) is 4.98 Å². The minimum Gasteiger partial charge on any atom is -0.464 e. The van der Waals surface area contributed by atoms with Crippen molar-refractivity contribution in [3.8, 4) is 22.8 Å². The molecular formula is C31H31NO2. The monoisotopic (exact) mass is 449 g/mol. The highest BCUT2D eigenvalue weighted by molar-refractivity contribution is 6.16. The first kappa shape index (κ1) is 21.2. The van der Waals surface area contributed by atoms with Gasteiger partial charge >= 0.3 is 0 Å². The Bertz CT molecular complexity index is 1590. The first-order chi connectivity index (χ1) is 16.1. The molecule has 0 N–H and O–H groups in total. The van der Waals surface area contributed by atoms with Crippen LogP contribution < -0.4 is 4.74 Å². The van der Waals surface area contributed by atoms with E-state index in [1.807, 2.05) is 6.20 Å². The molecule has 0 aliphatic carbocycles. The Hall–Kier alpha value is -3.33. The van der Waals surface area contributed by atoms with Gasteiger partial charge in [0, 0.05) is 22.7 Å². The van der Waals surface area contributed by atoms with E-state index in [1.54, 1.807) is 6.26 Å². The number of hydrogen-bond acceptors (Lipinski definition) is 3. The molecule has 3 aromatic carbocycles. The van der Waals surface area contributed by atoms with Gasteiger partial charge in [0.05, 0.1) is 17.3 Å². The van der Waals surface area contributed by atoms with Crippen molar-refractivity contribution in [2.24, 2.45) is 10.8 Å². The smallest absolute Gasteiger partial charge is 0.140 e.